The first-order valence-corrected chi connectivity index (χ1v) is 7.32. The SMILES string of the molecule is Cc1ccc2[nH]c(C(=O)NCCN3CCCC3)cc2c1.Cl. The minimum absolute atomic E-state index is 0. The number of hydrogen-bond acceptors (Lipinski definition) is 2. The Morgan fingerprint density at radius 2 is 2.05 bits per heavy atom. The number of benzene rings is 1. The van der Waals surface area contributed by atoms with Gasteiger partial charge in [-0.15, -0.1) is 12.4 Å². The van der Waals surface area contributed by atoms with Gasteiger partial charge in [-0.1, -0.05) is 11.6 Å². The lowest BCUT2D eigenvalue weighted by Crippen LogP contribution is -2.33. The van der Waals surface area contributed by atoms with Crippen LogP contribution >= 0.6 is 12.4 Å². The smallest absolute Gasteiger partial charge is 0.267 e. The number of aromatic amines is 1. The van der Waals surface area contributed by atoms with Gasteiger partial charge < -0.3 is 15.2 Å². The molecule has 0 unspecified atom stereocenters. The Balaban J connectivity index is 0.00000161. The van der Waals surface area contributed by atoms with Crippen molar-refractivity contribution in [2.45, 2.75) is 19.8 Å². The highest BCUT2D eigenvalue weighted by atomic mass is 35.5. The van der Waals surface area contributed by atoms with E-state index in [4.69, 9.17) is 0 Å². The number of H-pyrrole nitrogens is 1. The van der Waals surface area contributed by atoms with E-state index >= 15 is 0 Å². The molecule has 2 aromatic rings. The maximum Gasteiger partial charge on any atom is 0.267 e. The Kier molecular flexibility index (Phi) is 5.26. The molecule has 114 valence electrons. The average Bonchev–Trinajstić information content (AvgIpc) is 3.06. The van der Waals surface area contributed by atoms with E-state index in [1.165, 1.54) is 31.5 Å². The van der Waals surface area contributed by atoms with Crippen molar-refractivity contribution < 1.29 is 4.79 Å². The summed E-state index contributed by atoms with van der Waals surface area (Å²) >= 11 is 0. The van der Waals surface area contributed by atoms with E-state index in [1.807, 2.05) is 18.2 Å². The summed E-state index contributed by atoms with van der Waals surface area (Å²) in [7, 11) is 0. The number of amides is 1. The van der Waals surface area contributed by atoms with E-state index in [1.54, 1.807) is 0 Å². The van der Waals surface area contributed by atoms with Crippen LogP contribution in [-0.4, -0.2) is 42.0 Å². The predicted octanol–water partition coefficient (Wildman–Crippen LogP) is 2.72. The van der Waals surface area contributed by atoms with Crippen LogP contribution in [0.2, 0.25) is 0 Å². The molecule has 0 bridgehead atoms. The van der Waals surface area contributed by atoms with E-state index in [-0.39, 0.29) is 18.3 Å². The minimum atomic E-state index is -0.0157. The molecule has 5 heteroatoms. The number of aryl methyl sites for hydroxylation is 1. The summed E-state index contributed by atoms with van der Waals surface area (Å²) in [5.74, 6) is -0.0157. The van der Waals surface area contributed by atoms with Crippen molar-refractivity contribution in [3.63, 3.8) is 0 Å². The number of nitrogens with one attached hydrogen (secondary N) is 2. The Hall–Kier alpha value is -1.52. The fourth-order valence-corrected chi connectivity index (χ4v) is 2.80. The van der Waals surface area contributed by atoms with Crippen molar-refractivity contribution >= 4 is 29.2 Å². The Labute approximate surface area is 131 Å². The van der Waals surface area contributed by atoms with Crippen molar-refractivity contribution in [2.24, 2.45) is 0 Å². The summed E-state index contributed by atoms with van der Waals surface area (Å²) < 4.78 is 0. The molecule has 1 aliphatic heterocycles. The number of nitrogens with zero attached hydrogens (tertiary/aromatic N) is 1. The zero-order valence-corrected chi connectivity index (χ0v) is 13.1. The zero-order valence-electron chi connectivity index (χ0n) is 12.3. The summed E-state index contributed by atoms with van der Waals surface area (Å²) in [4.78, 5) is 17.7. The van der Waals surface area contributed by atoms with Crippen molar-refractivity contribution in [1.29, 1.82) is 0 Å². The maximum atomic E-state index is 12.1. The molecule has 3 rings (SSSR count). The Morgan fingerprint density at radius 1 is 1.29 bits per heavy atom. The number of rotatable bonds is 4. The molecule has 1 fully saturated rings. The highest BCUT2D eigenvalue weighted by Crippen LogP contribution is 2.16. The molecule has 0 aliphatic carbocycles. The van der Waals surface area contributed by atoms with Gasteiger partial charge in [-0.25, -0.2) is 0 Å². The van der Waals surface area contributed by atoms with Crippen LogP contribution in [-0.2, 0) is 0 Å². The van der Waals surface area contributed by atoms with Gasteiger partial charge in [0, 0.05) is 24.0 Å². The number of hydrogen-bond donors (Lipinski definition) is 2. The first kappa shape index (κ1) is 15.9. The van der Waals surface area contributed by atoms with E-state index in [0.29, 0.717) is 12.2 Å². The second-order valence-electron chi connectivity index (χ2n) is 5.58. The standard InChI is InChI=1S/C16H21N3O.ClH/c1-12-4-5-14-13(10-12)11-15(18-14)16(20)17-6-9-19-7-2-3-8-19;/h4-5,10-11,18H,2-3,6-9H2,1H3,(H,17,20);1H. The molecule has 4 nitrogen and oxygen atoms in total. The molecule has 1 amide bonds. The lowest BCUT2D eigenvalue weighted by atomic mass is 10.2. The van der Waals surface area contributed by atoms with E-state index < -0.39 is 0 Å². The first-order valence-electron chi connectivity index (χ1n) is 7.32. The monoisotopic (exact) mass is 307 g/mol. The van der Waals surface area contributed by atoms with Crippen molar-refractivity contribution in [2.75, 3.05) is 26.2 Å². The molecule has 2 heterocycles. The van der Waals surface area contributed by atoms with E-state index in [2.05, 4.69) is 28.2 Å². The Bertz CT molecular complexity index is 617. The van der Waals surface area contributed by atoms with Gasteiger partial charge >= 0.3 is 0 Å². The summed E-state index contributed by atoms with van der Waals surface area (Å²) in [5, 5.41) is 4.08. The predicted molar refractivity (Wildman–Crippen MR) is 88.3 cm³/mol. The summed E-state index contributed by atoms with van der Waals surface area (Å²) in [6.45, 7) is 6.06. The molecule has 21 heavy (non-hydrogen) atoms. The van der Waals surface area contributed by atoms with Crippen LogP contribution in [0.1, 0.15) is 28.9 Å². The minimum Gasteiger partial charge on any atom is -0.351 e. The number of carbonyl (C=O) groups excluding carboxylic acids is 1. The van der Waals surface area contributed by atoms with Gasteiger partial charge in [0.1, 0.15) is 5.69 Å². The maximum absolute atomic E-state index is 12.1. The summed E-state index contributed by atoms with van der Waals surface area (Å²) in [6.07, 6.45) is 2.57. The van der Waals surface area contributed by atoms with Crippen LogP contribution in [0.3, 0.4) is 0 Å². The number of aromatic nitrogens is 1. The molecule has 1 saturated heterocycles. The third-order valence-corrected chi connectivity index (χ3v) is 3.93. The molecule has 0 radical (unpaired) electrons. The fraction of sp³-hybridized carbons (Fsp3) is 0.438. The van der Waals surface area contributed by atoms with E-state index in [0.717, 1.165) is 17.4 Å². The summed E-state index contributed by atoms with van der Waals surface area (Å²) in [5.41, 5.74) is 2.87. The second kappa shape index (κ2) is 6.96. The van der Waals surface area contributed by atoms with Gasteiger partial charge in [0.2, 0.25) is 0 Å². The Morgan fingerprint density at radius 3 is 2.81 bits per heavy atom. The van der Waals surface area contributed by atoms with Gasteiger partial charge in [0.15, 0.2) is 0 Å². The first-order chi connectivity index (χ1) is 9.72. The lowest BCUT2D eigenvalue weighted by Gasteiger charge is -2.14. The topological polar surface area (TPSA) is 48.1 Å². The third-order valence-electron chi connectivity index (χ3n) is 3.93. The number of fused-ring (bicyclic) bond motifs is 1. The highest BCUT2D eigenvalue weighted by molar-refractivity contribution is 5.98. The molecular weight excluding hydrogens is 286 g/mol. The third kappa shape index (κ3) is 3.77. The fourth-order valence-electron chi connectivity index (χ4n) is 2.80. The van der Waals surface area contributed by atoms with Crippen molar-refractivity contribution in [1.82, 2.24) is 15.2 Å². The molecule has 0 atom stereocenters. The molecule has 1 aromatic heterocycles. The van der Waals surface area contributed by atoms with Crippen LogP contribution in [0.25, 0.3) is 10.9 Å². The molecular formula is C16H22ClN3O. The van der Waals surface area contributed by atoms with Gasteiger partial charge in [-0.05, 0) is 51.1 Å². The molecule has 0 saturated carbocycles. The lowest BCUT2D eigenvalue weighted by molar-refractivity contribution is 0.0945. The van der Waals surface area contributed by atoms with Crippen LogP contribution < -0.4 is 5.32 Å². The molecule has 1 aliphatic rings. The van der Waals surface area contributed by atoms with Gasteiger partial charge in [0.05, 0.1) is 0 Å². The van der Waals surface area contributed by atoms with Crippen molar-refractivity contribution in [3.8, 4) is 0 Å². The highest BCUT2D eigenvalue weighted by Gasteiger charge is 2.12. The molecule has 1 aromatic carbocycles. The van der Waals surface area contributed by atoms with Crippen LogP contribution in [0.4, 0.5) is 0 Å². The number of halogens is 1. The molecule has 0 spiro atoms. The van der Waals surface area contributed by atoms with Crippen LogP contribution in [0, 0.1) is 6.92 Å². The zero-order chi connectivity index (χ0) is 13.9. The average molecular weight is 308 g/mol. The normalized spacial score (nSPS) is 15.1. The largest absolute Gasteiger partial charge is 0.351 e. The van der Waals surface area contributed by atoms with Crippen LogP contribution in [0.5, 0.6) is 0 Å². The van der Waals surface area contributed by atoms with E-state index in [9.17, 15) is 4.79 Å². The number of carbonyl (C=O) groups is 1. The summed E-state index contributed by atoms with van der Waals surface area (Å²) in [6, 6.07) is 8.08. The van der Waals surface area contributed by atoms with Gasteiger partial charge in [-0.3, -0.25) is 4.79 Å². The molecule has 2 N–H and O–H groups in total. The van der Waals surface area contributed by atoms with Gasteiger partial charge in [0.25, 0.3) is 5.91 Å². The van der Waals surface area contributed by atoms with Crippen LogP contribution in [0.15, 0.2) is 24.3 Å². The van der Waals surface area contributed by atoms with Crippen molar-refractivity contribution in [3.05, 3.63) is 35.5 Å². The second-order valence-corrected chi connectivity index (χ2v) is 5.58. The number of likely N-dealkylation sites (tertiary alicyclic amines) is 1. The van der Waals surface area contributed by atoms with Gasteiger partial charge in [-0.2, -0.15) is 0 Å². The quantitative estimate of drug-likeness (QED) is 0.912.